The van der Waals surface area contributed by atoms with Crippen molar-refractivity contribution in [2.24, 2.45) is 5.73 Å². The first-order valence-electron chi connectivity index (χ1n) is 8.50. The summed E-state index contributed by atoms with van der Waals surface area (Å²) in [5.74, 6) is -0.482. The van der Waals surface area contributed by atoms with E-state index in [1.165, 1.54) is 6.20 Å². The van der Waals surface area contributed by atoms with Crippen LogP contribution in [-0.4, -0.2) is 41.1 Å². The molecule has 26 heavy (non-hydrogen) atoms. The van der Waals surface area contributed by atoms with Crippen LogP contribution in [0.4, 0.5) is 14.9 Å². The molecular weight excluding hydrogens is 355 g/mol. The van der Waals surface area contributed by atoms with Gasteiger partial charge in [0.05, 0.1) is 17.4 Å². The van der Waals surface area contributed by atoms with Crippen molar-refractivity contribution in [1.82, 2.24) is 9.88 Å². The summed E-state index contributed by atoms with van der Waals surface area (Å²) in [6, 6.07) is 8.72. The number of pyridine rings is 1. The summed E-state index contributed by atoms with van der Waals surface area (Å²) in [5, 5.41) is 0.637. The highest BCUT2D eigenvalue weighted by Crippen LogP contribution is 2.39. The highest BCUT2D eigenvalue weighted by atomic mass is 35.5. The van der Waals surface area contributed by atoms with Crippen LogP contribution in [-0.2, 0) is 0 Å². The fourth-order valence-electron chi connectivity index (χ4n) is 3.75. The van der Waals surface area contributed by atoms with Crippen molar-refractivity contribution >= 4 is 23.3 Å². The zero-order chi connectivity index (χ0) is 18.9. The number of rotatable bonds is 3. The van der Waals surface area contributed by atoms with Gasteiger partial charge in [0.1, 0.15) is 0 Å². The van der Waals surface area contributed by atoms with E-state index >= 15 is 0 Å². The van der Waals surface area contributed by atoms with Gasteiger partial charge in [-0.3, -0.25) is 4.98 Å². The second-order valence-corrected chi connectivity index (χ2v) is 7.25. The van der Waals surface area contributed by atoms with E-state index in [4.69, 9.17) is 17.3 Å². The smallest absolute Gasteiger partial charge is 0.315 e. The van der Waals surface area contributed by atoms with Gasteiger partial charge in [-0.1, -0.05) is 36.7 Å². The molecule has 1 unspecified atom stereocenters. The summed E-state index contributed by atoms with van der Waals surface area (Å²) in [5.41, 5.74) is 6.42. The van der Waals surface area contributed by atoms with E-state index in [-0.39, 0.29) is 11.7 Å². The molecule has 2 atom stereocenters. The predicted molar refractivity (Wildman–Crippen MR) is 101 cm³/mol. The number of urea groups is 1. The van der Waals surface area contributed by atoms with Gasteiger partial charge >= 0.3 is 6.03 Å². The molecular formula is C19H22ClFN4O. The predicted octanol–water partition coefficient (Wildman–Crippen LogP) is 3.64. The summed E-state index contributed by atoms with van der Waals surface area (Å²) in [7, 11) is 0. The van der Waals surface area contributed by atoms with Crippen LogP contribution in [0.5, 0.6) is 0 Å². The molecule has 0 bridgehead atoms. The maximum Gasteiger partial charge on any atom is 0.315 e. The summed E-state index contributed by atoms with van der Waals surface area (Å²) in [6.07, 6.45) is 2.76. The number of hydrogen-bond donors (Lipinski definition) is 1. The van der Waals surface area contributed by atoms with Crippen molar-refractivity contribution in [2.75, 3.05) is 24.5 Å². The number of nitrogens with zero attached hydrogens (tertiary/aromatic N) is 3. The number of anilines is 1. The van der Waals surface area contributed by atoms with E-state index < -0.39 is 11.6 Å². The first kappa shape index (κ1) is 18.5. The van der Waals surface area contributed by atoms with Crippen molar-refractivity contribution < 1.29 is 9.18 Å². The van der Waals surface area contributed by atoms with E-state index in [0.29, 0.717) is 30.3 Å². The maximum atomic E-state index is 14.2. The molecule has 1 aliphatic rings. The Balaban J connectivity index is 2.00. The second-order valence-electron chi connectivity index (χ2n) is 6.84. The molecule has 0 spiro atoms. The molecule has 2 amide bonds. The molecule has 0 radical (unpaired) electrons. The summed E-state index contributed by atoms with van der Waals surface area (Å²) >= 11 is 6.39. The van der Waals surface area contributed by atoms with Gasteiger partial charge in [0, 0.05) is 36.8 Å². The Morgan fingerprint density at radius 3 is 2.73 bits per heavy atom. The Hall–Kier alpha value is -2.34. The van der Waals surface area contributed by atoms with Crippen LogP contribution in [0.15, 0.2) is 42.7 Å². The Morgan fingerprint density at radius 2 is 2.08 bits per heavy atom. The lowest BCUT2D eigenvalue weighted by Gasteiger charge is -2.52. The van der Waals surface area contributed by atoms with Crippen LogP contribution in [0.2, 0.25) is 5.02 Å². The zero-order valence-corrected chi connectivity index (χ0v) is 15.6. The minimum Gasteiger partial charge on any atom is -0.365 e. The molecule has 5 nitrogen and oxygen atoms in total. The molecule has 138 valence electrons. The van der Waals surface area contributed by atoms with Gasteiger partial charge in [-0.2, -0.15) is 0 Å². The Labute approximate surface area is 157 Å². The van der Waals surface area contributed by atoms with Crippen molar-refractivity contribution in [2.45, 2.75) is 25.3 Å². The Kier molecular flexibility index (Phi) is 5.05. The zero-order valence-electron chi connectivity index (χ0n) is 14.8. The van der Waals surface area contributed by atoms with Crippen molar-refractivity contribution in [3.63, 3.8) is 0 Å². The molecule has 1 saturated heterocycles. The Morgan fingerprint density at radius 1 is 1.35 bits per heavy atom. The molecule has 2 N–H and O–H groups in total. The molecule has 0 saturated carbocycles. The van der Waals surface area contributed by atoms with E-state index in [9.17, 15) is 9.18 Å². The van der Waals surface area contributed by atoms with Crippen molar-refractivity contribution in [3.05, 3.63) is 59.1 Å². The molecule has 2 aromatic rings. The minimum atomic E-state index is -0.648. The minimum absolute atomic E-state index is 0.101. The van der Waals surface area contributed by atoms with E-state index in [1.807, 2.05) is 43.0 Å². The third-order valence-corrected chi connectivity index (χ3v) is 5.73. The molecule has 0 aliphatic carbocycles. The third kappa shape index (κ3) is 3.21. The van der Waals surface area contributed by atoms with Gasteiger partial charge in [0.15, 0.2) is 5.82 Å². The lowest BCUT2D eigenvalue weighted by Crippen LogP contribution is -2.66. The van der Waals surface area contributed by atoms with E-state index in [0.717, 1.165) is 5.56 Å². The SMILES string of the molecule is C[C@H](c1ccccc1Cl)C1(C)CN(c2ccncc2F)CCN1C(N)=O. The topological polar surface area (TPSA) is 62.5 Å². The standard InChI is InChI=1S/C19H22ClFN4O/c1-13(14-5-3-4-6-15(14)20)19(2)12-24(9-10-25(19)18(22)26)17-7-8-23-11-16(17)21/h3-8,11,13H,9-10,12H2,1-2H3,(H2,22,26)/t13-,19?/m1/s1. The van der Waals surface area contributed by atoms with Crippen LogP contribution in [0, 0.1) is 5.82 Å². The molecule has 7 heteroatoms. The van der Waals surface area contributed by atoms with Gasteiger partial charge in [0.25, 0.3) is 0 Å². The molecule has 3 rings (SSSR count). The van der Waals surface area contributed by atoms with Crippen molar-refractivity contribution in [1.29, 1.82) is 0 Å². The van der Waals surface area contributed by atoms with E-state index in [2.05, 4.69) is 4.98 Å². The molecule has 1 aromatic carbocycles. The number of aromatic nitrogens is 1. The quantitative estimate of drug-likeness (QED) is 0.889. The first-order chi connectivity index (χ1) is 12.3. The molecule has 1 fully saturated rings. The third-order valence-electron chi connectivity index (χ3n) is 5.38. The maximum absolute atomic E-state index is 14.2. The fraction of sp³-hybridized carbons (Fsp3) is 0.368. The van der Waals surface area contributed by atoms with Gasteiger partial charge in [-0.15, -0.1) is 0 Å². The number of halogens is 2. The lowest BCUT2D eigenvalue weighted by atomic mass is 9.78. The number of carbonyl (C=O) groups is 1. The van der Waals surface area contributed by atoms with Gasteiger partial charge in [0.2, 0.25) is 0 Å². The average Bonchev–Trinajstić information content (AvgIpc) is 2.61. The average molecular weight is 377 g/mol. The number of benzene rings is 1. The lowest BCUT2D eigenvalue weighted by molar-refractivity contribution is 0.0997. The summed E-state index contributed by atoms with van der Waals surface area (Å²) in [6.45, 7) is 5.32. The van der Waals surface area contributed by atoms with Crippen LogP contribution >= 0.6 is 11.6 Å². The van der Waals surface area contributed by atoms with Crippen LogP contribution in [0.3, 0.4) is 0 Å². The number of piperazine rings is 1. The van der Waals surface area contributed by atoms with Gasteiger partial charge in [-0.25, -0.2) is 9.18 Å². The monoisotopic (exact) mass is 376 g/mol. The number of hydrogen-bond acceptors (Lipinski definition) is 3. The van der Waals surface area contributed by atoms with Gasteiger partial charge < -0.3 is 15.5 Å². The number of amides is 2. The number of primary amides is 1. The highest BCUT2D eigenvalue weighted by molar-refractivity contribution is 6.31. The Bertz CT molecular complexity index is 818. The van der Waals surface area contributed by atoms with Crippen LogP contribution in [0.1, 0.15) is 25.3 Å². The summed E-state index contributed by atoms with van der Waals surface area (Å²) < 4.78 is 14.2. The number of nitrogens with two attached hydrogens (primary N) is 1. The highest BCUT2D eigenvalue weighted by Gasteiger charge is 2.45. The fourth-order valence-corrected chi connectivity index (χ4v) is 4.05. The van der Waals surface area contributed by atoms with Crippen LogP contribution < -0.4 is 10.6 Å². The summed E-state index contributed by atoms with van der Waals surface area (Å²) in [4.78, 5) is 19.5. The normalized spacial score (nSPS) is 21.5. The molecule has 2 heterocycles. The molecule has 1 aromatic heterocycles. The van der Waals surface area contributed by atoms with Crippen LogP contribution in [0.25, 0.3) is 0 Å². The molecule has 1 aliphatic heterocycles. The largest absolute Gasteiger partial charge is 0.365 e. The number of carbonyl (C=O) groups excluding carboxylic acids is 1. The first-order valence-corrected chi connectivity index (χ1v) is 8.88. The van der Waals surface area contributed by atoms with Crippen molar-refractivity contribution in [3.8, 4) is 0 Å². The van der Waals surface area contributed by atoms with E-state index in [1.54, 1.807) is 17.2 Å². The second kappa shape index (κ2) is 7.11. The van der Waals surface area contributed by atoms with Gasteiger partial charge in [-0.05, 0) is 24.6 Å².